The van der Waals surface area contributed by atoms with Crippen LogP contribution in [0.15, 0.2) is 30.7 Å². The van der Waals surface area contributed by atoms with E-state index in [-0.39, 0.29) is 5.78 Å². The van der Waals surface area contributed by atoms with Gasteiger partial charge in [-0.2, -0.15) is 0 Å². The van der Waals surface area contributed by atoms with E-state index in [0.29, 0.717) is 15.3 Å². The van der Waals surface area contributed by atoms with E-state index >= 15 is 0 Å². The number of nitrogens with zero attached hydrogens (tertiary/aromatic N) is 4. The van der Waals surface area contributed by atoms with E-state index in [1.807, 2.05) is 6.92 Å². The lowest BCUT2D eigenvalue weighted by Crippen LogP contribution is -2.20. The van der Waals surface area contributed by atoms with Crippen LogP contribution in [-0.2, 0) is 4.74 Å². The van der Waals surface area contributed by atoms with E-state index < -0.39 is 5.97 Å². The number of anilines is 1. The molecule has 0 aromatic carbocycles. The number of carbonyl (C=O) groups is 2. The molecule has 148 valence electrons. The van der Waals surface area contributed by atoms with Crippen LogP contribution in [0.25, 0.3) is 16.3 Å². The molecule has 0 saturated carbocycles. The molecule has 4 rings (SSSR count). The summed E-state index contributed by atoms with van der Waals surface area (Å²) in [5, 5.41) is 0.785. The average molecular weight is 408 g/mol. The zero-order chi connectivity index (χ0) is 20.4. The van der Waals surface area contributed by atoms with E-state index in [1.54, 1.807) is 24.5 Å². The number of pyridine rings is 1. The van der Waals surface area contributed by atoms with Crippen molar-refractivity contribution in [1.29, 1.82) is 0 Å². The smallest absolute Gasteiger partial charge is 0.348 e. The van der Waals surface area contributed by atoms with Crippen molar-refractivity contribution in [2.75, 3.05) is 25.1 Å². The Labute approximate surface area is 172 Å². The number of methoxy groups -OCH3 is 1. The van der Waals surface area contributed by atoms with Crippen molar-refractivity contribution in [3.63, 3.8) is 0 Å². The molecule has 29 heavy (non-hydrogen) atoms. The van der Waals surface area contributed by atoms with Gasteiger partial charge < -0.3 is 9.64 Å². The first kappa shape index (κ1) is 19.2. The SMILES string of the molecule is COC(=O)c1sc2ncc(C(=O)/C=C/c3cnc(N4CCCC4)nc3)cc2c1C. The number of fused-ring (bicyclic) bond motifs is 1. The van der Waals surface area contributed by atoms with Gasteiger partial charge in [0, 0.05) is 48.2 Å². The van der Waals surface area contributed by atoms with Crippen LogP contribution >= 0.6 is 11.3 Å². The summed E-state index contributed by atoms with van der Waals surface area (Å²) >= 11 is 1.26. The van der Waals surface area contributed by atoms with Crippen molar-refractivity contribution >= 4 is 45.3 Å². The second-order valence-electron chi connectivity index (χ2n) is 6.83. The lowest BCUT2D eigenvalue weighted by atomic mass is 10.1. The molecular formula is C21H20N4O3S. The molecule has 7 nitrogen and oxygen atoms in total. The number of ketones is 1. The van der Waals surface area contributed by atoms with Crippen molar-refractivity contribution in [3.05, 3.63) is 52.3 Å². The summed E-state index contributed by atoms with van der Waals surface area (Å²) in [6, 6.07) is 1.76. The van der Waals surface area contributed by atoms with Crippen LogP contribution in [0.2, 0.25) is 0 Å². The average Bonchev–Trinajstić information content (AvgIpc) is 3.40. The molecule has 0 atom stereocenters. The van der Waals surface area contributed by atoms with E-state index in [2.05, 4.69) is 19.9 Å². The number of hydrogen-bond donors (Lipinski definition) is 0. The van der Waals surface area contributed by atoms with E-state index in [1.165, 1.54) is 43.6 Å². The molecule has 1 fully saturated rings. The summed E-state index contributed by atoms with van der Waals surface area (Å²) in [6.07, 6.45) is 10.5. The number of thiophene rings is 1. The van der Waals surface area contributed by atoms with Gasteiger partial charge >= 0.3 is 5.97 Å². The van der Waals surface area contributed by atoms with Crippen LogP contribution in [0.3, 0.4) is 0 Å². The molecule has 4 heterocycles. The molecule has 0 amide bonds. The Balaban J connectivity index is 1.52. The largest absolute Gasteiger partial charge is 0.465 e. The highest BCUT2D eigenvalue weighted by atomic mass is 32.1. The Morgan fingerprint density at radius 2 is 1.86 bits per heavy atom. The molecule has 1 saturated heterocycles. The van der Waals surface area contributed by atoms with E-state index in [4.69, 9.17) is 4.74 Å². The number of esters is 1. The van der Waals surface area contributed by atoms with Crippen molar-refractivity contribution in [2.45, 2.75) is 19.8 Å². The van der Waals surface area contributed by atoms with Gasteiger partial charge in [-0.1, -0.05) is 0 Å². The fourth-order valence-corrected chi connectivity index (χ4v) is 4.34. The van der Waals surface area contributed by atoms with Crippen LogP contribution in [0.4, 0.5) is 5.95 Å². The summed E-state index contributed by atoms with van der Waals surface area (Å²) in [4.78, 5) is 40.9. The van der Waals surface area contributed by atoms with Gasteiger partial charge in [0.15, 0.2) is 5.78 Å². The zero-order valence-corrected chi connectivity index (χ0v) is 17.0. The van der Waals surface area contributed by atoms with E-state index in [0.717, 1.165) is 35.6 Å². The zero-order valence-electron chi connectivity index (χ0n) is 16.2. The molecule has 8 heteroatoms. The maximum absolute atomic E-state index is 12.6. The van der Waals surface area contributed by atoms with Gasteiger partial charge in [-0.25, -0.2) is 19.7 Å². The van der Waals surface area contributed by atoms with Crippen LogP contribution in [-0.4, -0.2) is 46.9 Å². The quantitative estimate of drug-likeness (QED) is 0.362. The maximum Gasteiger partial charge on any atom is 0.348 e. The minimum atomic E-state index is -0.393. The highest BCUT2D eigenvalue weighted by Gasteiger charge is 2.18. The van der Waals surface area contributed by atoms with Gasteiger partial charge in [-0.15, -0.1) is 11.3 Å². The Hall–Kier alpha value is -3.13. The molecule has 3 aromatic rings. The molecule has 0 unspecified atom stereocenters. The molecule has 0 N–H and O–H groups in total. The standard InChI is InChI=1S/C21H20N4O3S/c1-13-16-9-15(12-22-19(16)29-18(13)20(27)28-2)17(26)6-5-14-10-23-21(24-11-14)25-7-3-4-8-25/h5-6,9-12H,3-4,7-8H2,1-2H3/b6-5+. The van der Waals surface area contributed by atoms with Crippen LogP contribution < -0.4 is 4.90 Å². The topological polar surface area (TPSA) is 85.3 Å². The third-order valence-corrected chi connectivity index (χ3v) is 6.12. The number of allylic oxidation sites excluding steroid dienone is 1. The Morgan fingerprint density at radius 1 is 1.14 bits per heavy atom. The number of hydrogen-bond acceptors (Lipinski definition) is 8. The molecule has 3 aromatic heterocycles. The highest BCUT2D eigenvalue weighted by molar-refractivity contribution is 7.20. The van der Waals surface area contributed by atoms with Crippen molar-refractivity contribution < 1.29 is 14.3 Å². The highest BCUT2D eigenvalue weighted by Crippen LogP contribution is 2.30. The molecule has 0 bridgehead atoms. The third-order valence-electron chi connectivity index (χ3n) is 4.92. The Bertz CT molecular complexity index is 1100. The van der Waals surface area contributed by atoms with Crippen molar-refractivity contribution in [1.82, 2.24) is 15.0 Å². The van der Waals surface area contributed by atoms with Crippen molar-refractivity contribution in [2.24, 2.45) is 0 Å². The van der Waals surface area contributed by atoms with Crippen LogP contribution in [0.5, 0.6) is 0 Å². The van der Waals surface area contributed by atoms with Crippen molar-refractivity contribution in [3.8, 4) is 0 Å². The summed E-state index contributed by atoms with van der Waals surface area (Å²) in [5.74, 6) is 0.166. The van der Waals surface area contributed by atoms with Crippen LogP contribution in [0.1, 0.15) is 44.0 Å². The molecule has 0 radical (unpaired) electrons. The summed E-state index contributed by atoms with van der Waals surface area (Å²) < 4.78 is 4.80. The first-order valence-electron chi connectivity index (χ1n) is 9.33. The lowest BCUT2D eigenvalue weighted by Gasteiger charge is -2.14. The number of aromatic nitrogens is 3. The maximum atomic E-state index is 12.6. The van der Waals surface area contributed by atoms with Gasteiger partial charge in [0.2, 0.25) is 5.95 Å². The van der Waals surface area contributed by atoms with Gasteiger partial charge in [-0.05, 0) is 43.5 Å². The Kier molecular flexibility index (Phi) is 5.35. The first-order valence-corrected chi connectivity index (χ1v) is 10.2. The van der Waals surface area contributed by atoms with Gasteiger partial charge in [-0.3, -0.25) is 4.79 Å². The molecule has 1 aliphatic heterocycles. The molecular weight excluding hydrogens is 388 g/mol. The second kappa shape index (κ2) is 8.08. The second-order valence-corrected chi connectivity index (χ2v) is 7.83. The fraction of sp³-hybridized carbons (Fsp3) is 0.286. The number of rotatable bonds is 5. The monoisotopic (exact) mass is 408 g/mol. The third kappa shape index (κ3) is 3.88. The van der Waals surface area contributed by atoms with Gasteiger partial charge in [0.05, 0.1) is 7.11 Å². The minimum absolute atomic E-state index is 0.173. The summed E-state index contributed by atoms with van der Waals surface area (Å²) in [6.45, 7) is 3.81. The predicted octanol–water partition coefficient (Wildman–Crippen LogP) is 3.68. The van der Waals surface area contributed by atoms with E-state index in [9.17, 15) is 9.59 Å². The number of carbonyl (C=O) groups excluding carboxylic acids is 2. The summed E-state index contributed by atoms with van der Waals surface area (Å²) in [7, 11) is 1.35. The number of aryl methyl sites for hydroxylation is 1. The number of ether oxygens (including phenoxy) is 1. The van der Waals surface area contributed by atoms with Gasteiger partial charge in [0.1, 0.15) is 9.71 Å². The minimum Gasteiger partial charge on any atom is -0.465 e. The molecule has 0 spiro atoms. The first-order chi connectivity index (χ1) is 14.1. The summed E-state index contributed by atoms with van der Waals surface area (Å²) in [5.41, 5.74) is 1.99. The molecule has 0 aliphatic carbocycles. The predicted molar refractivity (Wildman–Crippen MR) is 113 cm³/mol. The van der Waals surface area contributed by atoms with Crippen LogP contribution in [0, 0.1) is 6.92 Å². The fourth-order valence-electron chi connectivity index (χ4n) is 3.29. The molecule has 1 aliphatic rings. The lowest BCUT2D eigenvalue weighted by molar-refractivity contribution is 0.0605. The van der Waals surface area contributed by atoms with Gasteiger partial charge in [0.25, 0.3) is 0 Å². The normalized spacial score (nSPS) is 14.1. The Morgan fingerprint density at radius 3 is 2.55 bits per heavy atom.